The van der Waals surface area contributed by atoms with Crippen molar-refractivity contribution in [2.24, 2.45) is 0 Å². The van der Waals surface area contributed by atoms with Gasteiger partial charge in [-0.25, -0.2) is 9.18 Å². The van der Waals surface area contributed by atoms with Crippen LogP contribution in [0.1, 0.15) is 45.5 Å². The molecular weight excluding hydrogens is 474 g/mol. The van der Waals surface area contributed by atoms with Crippen LogP contribution >= 0.6 is 11.6 Å². The van der Waals surface area contributed by atoms with Crippen LogP contribution < -0.4 is 5.32 Å². The number of alkyl halides is 3. The zero-order valence-electron chi connectivity index (χ0n) is 17.9. The molecule has 2 atom stereocenters. The van der Waals surface area contributed by atoms with Gasteiger partial charge in [-0.1, -0.05) is 54.9 Å². The maximum absolute atomic E-state index is 14.3. The predicted molar refractivity (Wildman–Crippen MR) is 119 cm³/mol. The number of carbonyl (C=O) groups is 1. The van der Waals surface area contributed by atoms with Crippen LogP contribution in [0.5, 0.6) is 0 Å². The number of benzene rings is 3. The molecule has 3 aromatic carbocycles. The number of rotatable bonds is 5. The van der Waals surface area contributed by atoms with Gasteiger partial charge in [0.2, 0.25) is 0 Å². The number of carboxylic acids is 1. The molecule has 1 heterocycles. The normalized spacial score (nSPS) is 16.1. The van der Waals surface area contributed by atoms with E-state index < -0.39 is 35.0 Å². The SMILES string of the molecule is CC(c1ccc(-c2ccc(C(=O)O)c(F)c2)cc1Cl)C(O)(c1ccc2c(c1)CNC2)C(F)(F)F. The zero-order valence-corrected chi connectivity index (χ0v) is 18.6. The maximum atomic E-state index is 14.3. The van der Waals surface area contributed by atoms with Crippen molar-refractivity contribution in [1.29, 1.82) is 0 Å². The molecular formula is C25H20ClF4NO3. The smallest absolute Gasteiger partial charge is 0.422 e. The lowest BCUT2D eigenvalue weighted by Gasteiger charge is -2.37. The van der Waals surface area contributed by atoms with E-state index in [2.05, 4.69) is 5.32 Å². The molecule has 3 N–H and O–H groups in total. The van der Waals surface area contributed by atoms with Crippen LogP contribution in [-0.2, 0) is 18.7 Å². The van der Waals surface area contributed by atoms with Gasteiger partial charge in [-0.2, -0.15) is 13.2 Å². The Balaban J connectivity index is 1.74. The van der Waals surface area contributed by atoms with Crippen LogP contribution in [0.2, 0.25) is 5.02 Å². The van der Waals surface area contributed by atoms with Crippen molar-refractivity contribution in [3.05, 3.63) is 93.3 Å². The van der Waals surface area contributed by atoms with E-state index in [9.17, 15) is 27.5 Å². The van der Waals surface area contributed by atoms with Gasteiger partial charge in [0.25, 0.3) is 0 Å². The molecule has 0 saturated carbocycles. The van der Waals surface area contributed by atoms with E-state index >= 15 is 0 Å². The van der Waals surface area contributed by atoms with Gasteiger partial charge in [0, 0.05) is 24.0 Å². The summed E-state index contributed by atoms with van der Waals surface area (Å²) in [5, 5.41) is 23.1. The Morgan fingerprint density at radius 2 is 1.65 bits per heavy atom. The minimum atomic E-state index is -5.00. The van der Waals surface area contributed by atoms with Crippen LogP contribution in [0.25, 0.3) is 11.1 Å². The topological polar surface area (TPSA) is 69.6 Å². The molecule has 4 rings (SSSR count). The number of hydrogen-bond donors (Lipinski definition) is 3. The van der Waals surface area contributed by atoms with Crippen molar-refractivity contribution in [2.45, 2.75) is 37.7 Å². The molecule has 178 valence electrons. The highest BCUT2D eigenvalue weighted by Gasteiger charge is 2.59. The molecule has 0 aromatic heterocycles. The van der Waals surface area contributed by atoms with E-state index in [1.54, 1.807) is 6.07 Å². The second kappa shape index (κ2) is 8.69. The molecule has 4 nitrogen and oxygen atoms in total. The van der Waals surface area contributed by atoms with E-state index in [1.165, 1.54) is 43.3 Å². The van der Waals surface area contributed by atoms with Gasteiger partial charge in [0.05, 0.1) is 5.56 Å². The Morgan fingerprint density at radius 3 is 2.26 bits per heavy atom. The number of carboxylic acid groups (broad SMARTS) is 1. The summed E-state index contributed by atoms with van der Waals surface area (Å²) in [6.45, 7) is 2.22. The Labute approximate surface area is 197 Å². The highest BCUT2D eigenvalue weighted by atomic mass is 35.5. The van der Waals surface area contributed by atoms with Crippen LogP contribution in [0.4, 0.5) is 17.6 Å². The molecule has 0 spiro atoms. The fourth-order valence-electron chi connectivity index (χ4n) is 4.34. The minimum absolute atomic E-state index is 0.0433. The number of halogens is 5. The van der Waals surface area contributed by atoms with Crippen molar-refractivity contribution in [1.82, 2.24) is 5.32 Å². The van der Waals surface area contributed by atoms with Crippen LogP contribution in [0, 0.1) is 5.82 Å². The van der Waals surface area contributed by atoms with Crippen molar-refractivity contribution in [3.63, 3.8) is 0 Å². The third-order valence-corrected chi connectivity index (χ3v) is 6.66. The van der Waals surface area contributed by atoms with Gasteiger partial charge >= 0.3 is 12.1 Å². The second-order valence-corrected chi connectivity index (χ2v) is 8.72. The van der Waals surface area contributed by atoms with E-state index in [4.69, 9.17) is 16.7 Å². The quantitative estimate of drug-likeness (QED) is 0.381. The molecule has 34 heavy (non-hydrogen) atoms. The summed E-state index contributed by atoms with van der Waals surface area (Å²) in [6.07, 6.45) is -5.00. The van der Waals surface area contributed by atoms with Crippen molar-refractivity contribution in [3.8, 4) is 11.1 Å². The van der Waals surface area contributed by atoms with Gasteiger partial charge in [-0.15, -0.1) is 0 Å². The first kappa shape index (κ1) is 24.2. The molecule has 0 amide bonds. The molecule has 1 aliphatic heterocycles. The molecule has 9 heteroatoms. The van der Waals surface area contributed by atoms with Crippen molar-refractivity contribution in [2.75, 3.05) is 0 Å². The van der Waals surface area contributed by atoms with E-state index in [0.29, 0.717) is 29.8 Å². The summed E-state index contributed by atoms with van der Waals surface area (Å²) in [7, 11) is 0. The van der Waals surface area contributed by atoms with E-state index in [0.717, 1.165) is 17.7 Å². The first-order valence-corrected chi connectivity index (χ1v) is 10.8. The first-order chi connectivity index (χ1) is 15.9. The summed E-state index contributed by atoms with van der Waals surface area (Å²) >= 11 is 6.36. The summed E-state index contributed by atoms with van der Waals surface area (Å²) in [6, 6.07) is 11.9. The highest BCUT2D eigenvalue weighted by Crippen LogP contribution is 2.50. The lowest BCUT2D eigenvalue weighted by Crippen LogP contribution is -2.46. The number of fused-ring (bicyclic) bond motifs is 1. The molecule has 1 aliphatic rings. The van der Waals surface area contributed by atoms with Gasteiger partial charge in [-0.05, 0) is 51.6 Å². The van der Waals surface area contributed by atoms with Gasteiger partial charge < -0.3 is 15.5 Å². The first-order valence-electron chi connectivity index (χ1n) is 10.4. The monoisotopic (exact) mass is 493 g/mol. The Kier molecular flexibility index (Phi) is 6.18. The third-order valence-electron chi connectivity index (χ3n) is 6.34. The van der Waals surface area contributed by atoms with Crippen LogP contribution in [-0.4, -0.2) is 22.4 Å². The van der Waals surface area contributed by atoms with Gasteiger partial charge in [0.15, 0.2) is 5.60 Å². The average Bonchev–Trinajstić information content (AvgIpc) is 3.24. The summed E-state index contributed by atoms with van der Waals surface area (Å²) < 4.78 is 57.0. The van der Waals surface area contributed by atoms with Crippen LogP contribution in [0.3, 0.4) is 0 Å². The minimum Gasteiger partial charge on any atom is -0.478 e. The Morgan fingerprint density at radius 1 is 1.00 bits per heavy atom. The highest BCUT2D eigenvalue weighted by molar-refractivity contribution is 6.31. The molecule has 3 aromatic rings. The maximum Gasteiger partial charge on any atom is 0.422 e. The van der Waals surface area contributed by atoms with Crippen molar-refractivity contribution < 1.29 is 32.6 Å². The van der Waals surface area contributed by atoms with Crippen LogP contribution in [0.15, 0.2) is 54.6 Å². The van der Waals surface area contributed by atoms with Gasteiger partial charge in [-0.3, -0.25) is 0 Å². The number of hydrogen-bond acceptors (Lipinski definition) is 3. The molecule has 2 unspecified atom stereocenters. The summed E-state index contributed by atoms with van der Waals surface area (Å²) in [4.78, 5) is 11.0. The number of aliphatic hydroxyl groups is 1. The Hall–Kier alpha value is -2.94. The van der Waals surface area contributed by atoms with E-state index in [1.807, 2.05) is 0 Å². The fraction of sp³-hybridized carbons (Fsp3) is 0.240. The third kappa shape index (κ3) is 4.06. The molecule has 0 fully saturated rings. The molecule has 0 radical (unpaired) electrons. The predicted octanol–water partition coefficient (Wildman–Crippen LogP) is 6.00. The van der Waals surface area contributed by atoms with Crippen molar-refractivity contribution >= 4 is 17.6 Å². The zero-order chi connectivity index (χ0) is 24.8. The lowest BCUT2D eigenvalue weighted by atomic mass is 9.77. The van der Waals surface area contributed by atoms with E-state index in [-0.39, 0.29) is 16.1 Å². The summed E-state index contributed by atoms with van der Waals surface area (Å²) in [5.74, 6) is -3.83. The largest absolute Gasteiger partial charge is 0.478 e. The Bertz CT molecular complexity index is 1280. The van der Waals surface area contributed by atoms with Gasteiger partial charge in [0.1, 0.15) is 5.82 Å². The number of nitrogens with one attached hydrogen (secondary N) is 1. The molecule has 0 saturated heterocycles. The fourth-order valence-corrected chi connectivity index (χ4v) is 4.69. The lowest BCUT2D eigenvalue weighted by molar-refractivity contribution is -0.274. The second-order valence-electron chi connectivity index (χ2n) is 8.31. The molecule has 0 aliphatic carbocycles. The summed E-state index contributed by atoms with van der Waals surface area (Å²) in [5.41, 5.74) is -1.65. The number of aromatic carboxylic acids is 1. The average molecular weight is 494 g/mol. The molecule has 0 bridgehead atoms. The standard InChI is InChI=1S/C25H20ClF4NO3/c1-13(24(34,25(28,29)30)18-5-2-16-11-31-12-17(16)8-18)19-6-3-14(9-21(19)26)15-4-7-20(23(32)33)22(27)10-15/h2-10,13,31,34H,11-12H2,1H3,(H,32,33).